The lowest BCUT2D eigenvalue weighted by Crippen LogP contribution is -2.24. The van der Waals surface area contributed by atoms with Crippen LogP contribution in [0.3, 0.4) is 0 Å². The van der Waals surface area contributed by atoms with Gasteiger partial charge in [0.15, 0.2) is 5.16 Å². The highest BCUT2D eigenvalue weighted by Crippen LogP contribution is 2.26. The summed E-state index contributed by atoms with van der Waals surface area (Å²) in [6.07, 6.45) is 0. The molecule has 3 rings (SSSR count). The number of carbonyl (C=O) groups is 1. The molecule has 8 heteroatoms. The van der Waals surface area contributed by atoms with E-state index in [1.54, 1.807) is 19.9 Å². The van der Waals surface area contributed by atoms with Crippen LogP contribution in [0.4, 0.5) is 4.39 Å². The minimum absolute atomic E-state index is 0.276. The number of aromatic nitrogens is 3. The van der Waals surface area contributed by atoms with Crippen molar-refractivity contribution in [3.05, 3.63) is 52.2 Å². The number of carbonyl (C=O) groups excluding carboxylic acids is 1. The average Bonchev–Trinajstić information content (AvgIpc) is 2.97. The van der Waals surface area contributed by atoms with Gasteiger partial charge in [0.25, 0.3) is 5.56 Å². The van der Waals surface area contributed by atoms with Crippen LogP contribution < -0.4 is 5.56 Å². The van der Waals surface area contributed by atoms with Crippen molar-refractivity contribution in [3.8, 4) is 5.69 Å². The summed E-state index contributed by atoms with van der Waals surface area (Å²) in [7, 11) is 0. The zero-order valence-corrected chi connectivity index (χ0v) is 15.4. The Kier molecular flexibility index (Phi) is 5.13. The van der Waals surface area contributed by atoms with Gasteiger partial charge in [0.1, 0.15) is 16.6 Å². The Bertz CT molecular complexity index is 1010. The maximum Gasteiger partial charge on any atom is 0.319 e. The van der Waals surface area contributed by atoms with Gasteiger partial charge in [-0.25, -0.2) is 9.37 Å². The van der Waals surface area contributed by atoms with E-state index in [1.807, 2.05) is 6.92 Å². The molecule has 26 heavy (non-hydrogen) atoms. The van der Waals surface area contributed by atoms with Crippen LogP contribution >= 0.6 is 11.8 Å². The van der Waals surface area contributed by atoms with Crippen molar-refractivity contribution in [2.24, 2.45) is 0 Å². The lowest BCUT2D eigenvalue weighted by atomic mass is 10.3. The van der Waals surface area contributed by atoms with Gasteiger partial charge >= 0.3 is 5.97 Å². The first-order valence-electron chi connectivity index (χ1n) is 8.12. The van der Waals surface area contributed by atoms with Crippen LogP contribution in [0.2, 0.25) is 0 Å². The van der Waals surface area contributed by atoms with Crippen LogP contribution in [0.15, 0.2) is 40.3 Å². The van der Waals surface area contributed by atoms with E-state index >= 15 is 0 Å². The molecule has 0 saturated carbocycles. The molecule has 136 valence electrons. The number of halogens is 1. The number of aromatic amines is 1. The van der Waals surface area contributed by atoms with Gasteiger partial charge in [-0.05, 0) is 51.1 Å². The molecule has 1 unspecified atom stereocenters. The molecular weight excluding hydrogens is 357 g/mol. The number of H-pyrrole nitrogens is 1. The number of nitrogens with one attached hydrogen (secondary N) is 1. The first-order valence-corrected chi connectivity index (χ1v) is 9.00. The van der Waals surface area contributed by atoms with Crippen molar-refractivity contribution in [1.82, 2.24) is 14.5 Å². The van der Waals surface area contributed by atoms with Crippen molar-refractivity contribution in [1.29, 1.82) is 0 Å². The largest absolute Gasteiger partial charge is 0.465 e. The second-order valence-electron chi connectivity index (χ2n) is 5.74. The lowest BCUT2D eigenvalue weighted by Gasteiger charge is -2.15. The third-order valence-corrected chi connectivity index (χ3v) is 4.77. The SMILES string of the molecule is CCOC(=O)C(C)Sc1nc2cc(C)[nH]c2c(=O)n1-c1ccc(F)cc1. The molecule has 0 aliphatic rings. The molecule has 2 aromatic heterocycles. The van der Waals surface area contributed by atoms with Crippen LogP contribution in [-0.4, -0.2) is 32.4 Å². The van der Waals surface area contributed by atoms with Crippen molar-refractivity contribution in [2.45, 2.75) is 31.2 Å². The summed E-state index contributed by atoms with van der Waals surface area (Å²) >= 11 is 1.13. The lowest BCUT2D eigenvalue weighted by molar-refractivity contribution is -0.142. The Hall–Kier alpha value is -2.61. The predicted molar refractivity (Wildman–Crippen MR) is 98.3 cm³/mol. The number of ether oxygens (including phenoxy) is 1. The monoisotopic (exact) mass is 375 g/mol. The topological polar surface area (TPSA) is 77.0 Å². The zero-order valence-electron chi connectivity index (χ0n) is 14.6. The Labute approximate surface area is 153 Å². The normalized spacial score (nSPS) is 12.3. The Morgan fingerprint density at radius 1 is 1.38 bits per heavy atom. The van der Waals surface area contributed by atoms with Gasteiger partial charge < -0.3 is 9.72 Å². The standard InChI is InChI=1S/C18H18FN3O3S/c1-4-25-17(24)11(3)26-18-21-14-9-10(2)20-15(14)16(23)22(18)13-7-5-12(19)6-8-13/h5-9,11,20H,4H2,1-3H3. The second-order valence-corrected chi connectivity index (χ2v) is 7.04. The highest BCUT2D eigenvalue weighted by Gasteiger charge is 2.21. The Morgan fingerprint density at radius 3 is 2.73 bits per heavy atom. The molecule has 1 aromatic carbocycles. The predicted octanol–water partition coefficient (Wildman–Crippen LogP) is 3.21. The van der Waals surface area contributed by atoms with Crippen LogP contribution in [0.5, 0.6) is 0 Å². The quantitative estimate of drug-likeness (QED) is 0.421. The molecule has 0 bridgehead atoms. The number of hydrogen-bond acceptors (Lipinski definition) is 5. The minimum atomic E-state index is -0.550. The number of nitrogens with zero attached hydrogens (tertiary/aromatic N) is 2. The van der Waals surface area contributed by atoms with Crippen LogP contribution in [0.25, 0.3) is 16.7 Å². The highest BCUT2D eigenvalue weighted by atomic mass is 32.2. The smallest absolute Gasteiger partial charge is 0.319 e. The first kappa shape index (κ1) is 18.2. The molecule has 0 aliphatic carbocycles. The van der Waals surface area contributed by atoms with Crippen LogP contribution in [0.1, 0.15) is 19.5 Å². The molecule has 0 amide bonds. The van der Waals surface area contributed by atoms with E-state index in [0.717, 1.165) is 17.5 Å². The summed E-state index contributed by atoms with van der Waals surface area (Å²) in [5, 5.41) is -0.209. The summed E-state index contributed by atoms with van der Waals surface area (Å²) in [6.45, 7) is 5.53. The Balaban J connectivity index is 2.16. The number of benzene rings is 1. The van der Waals surface area contributed by atoms with E-state index in [2.05, 4.69) is 9.97 Å². The van der Waals surface area contributed by atoms with E-state index in [1.165, 1.54) is 28.8 Å². The third-order valence-electron chi connectivity index (χ3n) is 3.74. The Morgan fingerprint density at radius 2 is 2.08 bits per heavy atom. The van der Waals surface area contributed by atoms with E-state index in [-0.39, 0.29) is 18.1 Å². The van der Waals surface area contributed by atoms with Gasteiger partial charge in [-0.3, -0.25) is 14.2 Å². The molecule has 3 aromatic rings. The fourth-order valence-corrected chi connectivity index (χ4v) is 3.47. The summed E-state index contributed by atoms with van der Waals surface area (Å²) in [6, 6.07) is 7.31. The fourth-order valence-electron chi connectivity index (χ4n) is 2.54. The fraction of sp³-hybridized carbons (Fsp3) is 0.278. The van der Waals surface area contributed by atoms with E-state index in [9.17, 15) is 14.0 Å². The molecule has 6 nitrogen and oxygen atoms in total. The molecule has 0 radical (unpaired) electrons. The number of thioether (sulfide) groups is 1. The summed E-state index contributed by atoms with van der Waals surface area (Å²) < 4.78 is 19.7. The molecule has 1 atom stereocenters. The van der Waals surface area contributed by atoms with Gasteiger partial charge in [-0.2, -0.15) is 0 Å². The first-order chi connectivity index (χ1) is 12.4. The maximum atomic E-state index is 13.3. The second kappa shape index (κ2) is 7.33. The van der Waals surface area contributed by atoms with Gasteiger partial charge in [0, 0.05) is 5.69 Å². The van der Waals surface area contributed by atoms with Crippen LogP contribution in [0, 0.1) is 12.7 Å². The summed E-state index contributed by atoms with van der Waals surface area (Å²) in [5.74, 6) is -0.789. The molecule has 1 N–H and O–H groups in total. The molecular formula is C18H18FN3O3S. The van der Waals surface area contributed by atoms with E-state index in [0.29, 0.717) is 21.9 Å². The number of fused-ring (bicyclic) bond motifs is 1. The molecule has 0 saturated heterocycles. The minimum Gasteiger partial charge on any atom is -0.465 e. The van der Waals surface area contributed by atoms with Gasteiger partial charge in [-0.1, -0.05) is 11.8 Å². The number of hydrogen-bond donors (Lipinski definition) is 1. The molecule has 2 heterocycles. The summed E-state index contributed by atoms with van der Waals surface area (Å²) in [5.41, 5.74) is 1.84. The van der Waals surface area contributed by atoms with Crippen molar-refractivity contribution in [3.63, 3.8) is 0 Å². The summed E-state index contributed by atoms with van der Waals surface area (Å²) in [4.78, 5) is 32.5. The average molecular weight is 375 g/mol. The number of rotatable bonds is 5. The molecule has 0 fully saturated rings. The van der Waals surface area contributed by atoms with E-state index < -0.39 is 11.1 Å². The number of esters is 1. The zero-order chi connectivity index (χ0) is 18.8. The maximum absolute atomic E-state index is 13.3. The highest BCUT2D eigenvalue weighted by molar-refractivity contribution is 8.00. The van der Waals surface area contributed by atoms with Crippen molar-refractivity contribution in [2.75, 3.05) is 6.61 Å². The van der Waals surface area contributed by atoms with Crippen molar-refractivity contribution >= 4 is 28.8 Å². The van der Waals surface area contributed by atoms with E-state index in [4.69, 9.17) is 4.74 Å². The number of aryl methyl sites for hydroxylation is 1. The molecule has 0 spiro atoms. The van der Waals surface area contributed by atoms with Gasteiger partial charge in [0.2, 0.25) is 0 Å². The van der Waals surface area contributed by atoms with Gasteiger partial charge in [-0.15, -0.1) is 0 Å². The van der Waals surface area contributed by atoms with Gasteiger partial charge in [0.05, 0.1) is 17.8 Å². The molecule has 0 aliphatic heterocycles. The third kappa shape index (κ3) is 3.50. The van der Waals surface area contributed by atoms with Crippen molar-refractivity contribution < 1.29 is 13.9 Å². The van der Waals surface area contributed by atoms with Crippen LogP contribution in [-0.2, 0) is 9.53 Å².